The molecule has 0 aliphatic heterocycles. The summed E-state index contributed by atoms with van der Waals surface area (Å²) in [6.07, 6.45) is 6.39. The van der Waals surface area contributed by atoms with Crippen LogP contribution >= 0.6 is 11.8 Å². The van der Waals surface area contributed by atoms with E-state index in [2.05, 4.69) is 15.6 Å². The predicted molar refractivity (Wildman–Crippen MR) is 125 cm³/mol. The van der Waals surface area contributed by atoms with Crippen LogP contribution in [0.5, 0.6) is 0 Å². The topological polar surface area (TPSA) is 108 Å². The molecular weight excluding hydrogens is 448 g/mol. The summed E-state index contributed by atoms with van der Waals surface area (Å²) in [5.41, 5.74) is 0.978. The number of amides is 2. The monoisotopic (exact) mass is 476 g/mol. The lowest BCUT2D eigenvalue weighted by molar-refractivity contribution is -0.113. The van der Waals surface area contributed by atoms with E-state index in [1.807, 2.05) is 0 Å². The van der Waals surface area contributed by atoms with E-state index in [9.17, 15) is 18.0 Å². The molecule has 1 aromatic carbocycles. The molecule has 1 aliphatic carbocycles. The molecule has 1 heterocycles. The number of nitrogens with zero attached hydrogens (tertiary/aromatic N) is 2. The van der Waals surface area contributed by atoms with E-state index < -0.39 is 10.0 Å². The van der Waals surface area contributed by atoms with Crippen LogP contribution in [0.4, 0.5) is 5.69 Å². The third-order valence-corrected chi connectivity index (χ3v) is 8.30. The minimum atomic E-state index is -3.59. The summed E-state index contributed by atoms with van der Waals surface area (Å²) < 4.78 is 27.3. The predicted octanol–water partition coefficient (Wildman–Crippen LogP) is 3.13. The first-order chi connectivity index (χ1) is 15.3. The molecule has 3 rings (SSSR count). The Morgan fingerprint density at radius 1 is 1.16 bits per heavy atom. The number of rotatable bonds is 8. The zero-order valence-corrected chi connectivity index (χ0v) is 19.8. The average molecular weight is 477 g/mol. The van der Waals surface area contributed by atoms with Gasteiger partial charge in [0.1, 0.15) is 4.90 Å². The second-order valence-corrected chi connectivity index (χ2v) is 10.6. The van der Waals surface area contributed by atoms with Crippen LogP contribution in [0.2, 0.25) is 0 Å². The van der Waals surface area contributed by atoms with Gasteiger partial charge in [0.2, 0.25) is 15.9 Å². The maximum absolute atomic E-state index is 12.9. The number of sulfonamides is 1. The van der Waals surface area contributed by atoms with Crippen LogP contribution in [0.3, 0.4) is 0 Å². The molecule has 0 radical (unpaired) electrons. The Bertz CT molecular complexity index is 1050. The maximum atomic E-state index is 12.9. The average Bonchev–Trinajstić information content (AvgIpc) is 2.82. The molecular formula is C22H28N4O4S2. The van der Waals surface area contributed by atoms with Gasteiger partial charge in [-0.1, -0.05) is 37.1 Å². The molecule has 1 saturated carbocycles. The summed E-state index contributed by atoms with van der Waals surface area (Å²) in [4.78, 5) is 28.4. The molecule has 8 nitrogen and oxygen atoms in total. The number of carbonyl (C=O) groups excluding carboxylic acids is 2. The van der Waals surface area contributed by atoms with Crippen molar-refractivity contribution in [3.63, 3.8) is 0 Å². The highest BCUT2D eigenvalue weighted by atomic mass is 32.2. The van der Waals surface area contributed by atoms with Gasteiger partial charge in [-0.3, -0.25) is 9.59 Å². The Kier molecular flexibility index (Phi) is 8.27. The molecule has 0 unspecified atom stereocenters. The molecule has 2 aromatic rings. The zero-order chi connectivity index (χ0) is 23.1. The molecule has 172 valence electrons. The Balaban J connectivity index is 1.56. The van der Waals surface area contributed by atoms with Gasteiger partial charge in [-0.05, 0) is 43.2 Å². The summed E-state index contributed by atoms with van der Waals surface area (Å²) in [6, 6.07) is 9.85. The molecule has 32 heavy (non-hydrogen) atoms. The second-order valence-electron chi connectivity index (χ2n) is 7.64. The molecule has 0 spiro atoms. The molecule has 1 aliphatic rings. The summed E-state index contributed by atoms with van der Waals surface area (Å²) in [5.74, 6) is -0.380. The first kappa shape index (κ1) is 24.2. The number of pyridine rings is 1. The van der Waals surface area contributed by atoms with Gasteiger partial charge < -0.3 is 10.6 Å². The lowest BCUT2D eigenvalue weighted by Gasteiger charge is -2.30. The molecule has 2 amide bonds. The Morgan fingerprint density at radius 3 is 2.56 bits per heavy atom. The van der Waals surface area contributed by atoms with Gasteiger partial charge in [-0.2, -0.15) is 4.31 Å². The SMILES string of the molecule is CNC(=O)c1cccc(NC(=O)CSc2ccc(S(=O)(=O)N(C)C3CCCCC3)cn2)c1. The van der Waals surface area contributed by atoms with Crippen molar-refractivity contribution < 1.29 is 18.0 Å². The number of thioether (sulfide) groups is 1. The molecule has 0 saturated heterocycles. The number of nitrogens with one attached hydrogen (secondary N) is 2. The molecule has 2 N–H and O–H groups in total. The Hall–Kier alpha value is -2.43. The Morgan fingerprint density at radius 2 is 1.91 bits per heavy atom. The van der Waals surface area contributed by atoms with Crippen molar-refractivity contribution >= 4 is 39.3 Å². The highest BCUT2D eigenvalue weighted by Crippen LogP contribution is 2.27. The van der Waals surface area contributed by atoms with Gasteiger partial charge >= 0.3 is 0 Å². The van der Waals surface area contributed by atoms with Crippen molar-refractivity contribution in [1.82, 2.24) is 14.6 Å². The lowest BCUT2D eigenvalue weighted by atomic mass is 9.96. The van der Waals surface area contributed by atoms with E-state index >= 15 is 0 Å². The summed E-state index contributed by atoms with van der Waals surface area (Å²) in [7, 11) is -0.411. The minimum absolute atomic E-state index is 0.0356. The fraction of sp³-hybridized carbons (Fsp3) is 0.409. The first-order valence-corrected chi connectivity index (χ1v) is 12.9. The van der Waals surface area contributed by atoms with Crippen molar-refractivity contribution in [2.24, 2.45) is 0 Å². The fourth-order valence-corrected chi connectivity index (χ4v) is 5.64. The molecule has 10 heteroatoms. The number of anilines is 1. The van der Waals surface area contributed by atoms with E-state index in [0.29, 0.717) is 16.3 Å². The number of carbonyl (C=O) groups is 2. The molecule has 1 aromatic heterocycles. The maximum Gasteiger partial charge on any atom is 0.251 e. The van der Waals surface area contributed by atoms with E-state index in [-0.39, 0.29) is 28.5 Å². The van der Waals surface area contributed by atoms with E-state index in [0.717, 1.165) is 32.1 Å². The number of hydrogen-bond acceptors (Lipinski definition) is 6. The highest BCUT2D eigenvalue weighted by molar-refractivity contribution is 7.99. The molecule has 1 fully saturated rings. The van der Waals surface area contributed by atoms with Crippen molar-refractivity contribution in [1.29, 1.82) is 0 Å². The smallest absolute Gasteiger partial charge is 0.251 e. The van der Waals surface area contributed by atoms with E-state index in [4.69, 9.17) is 0 Å². The second kappa shape index (κ2) is 10.9. The summed E-state index contributed by atoms with van der Waals surface area (Å²) in [6.45, 7) is 0. The Labute approximate surface area is 193 Å². The summed E-state index contributed by atoms with van der Waals surface area (Å²) >= 11 is 1.21. The molecule has 0 atom stereocenters. The molecule has 0 bridgehead atoms. The normalized spacial score (nSPS) is 14.8. The lowest BCUT2D eigenvalue weighted by Crippen LogP contribution is -2.38. The van der Waals surface area contributed by atoms with Crippen LogP contribution in [0.15, 0.2) is 52.5 Å². The van der Waals surface area contributed by atoms with Gasteiger partial charge in [-0.25, -0.2) is 13.4 Å². The number of aromatic nitrogens is 1. The highest BCUT2D eigenvalue weighted by Gasteiger charge is 2.29. The van der Waals surface area contributed by atoms with Crippen molar-refractivity contribution in [2.75, 3.05) is 25.2 Å². The standard InChI is InChI=1S/C22H28N4O4S2/c1-23-22(28)16-7-6-8-17(13-16)25-20(27)15-31-21-12-11-19(14-24-21)32(29,30)26(2)18-9-4-3-5-10-18/h6-8,11-14,18H,3-5,9-10,15H2,1-2H3,(H,23,28)(H,25,27). The van der Waals surface area contributed by atoms with Crippen LogP contribution in [0.1, 0.15) is 42.5 Å². The minimum Gasteiger partial charge on any atom is -0.355 e. The number of benzene rings is 1. The van der Waals surface area contributed by atoms with Crippen LogP contribution < -0.4 is 10.6 Å². The van der Waals surface area contributed by atoms with Crippen molar-refractivity contribution in [2.45, 2.75) is 48.1 Å². The van der Waals surface area contributed by atoms with Gasteiger partial charge in [0.05, 0.1) is 10.8 Å². The summed E-state index contributed by atoms with van der Waals surface area (Å²) in [5, 5.41) is 5.84. The van der Waals surface area contributed by atoms with E-state index in [1.165, 1.54) is 28.3 Å². The third kappa shape index (κ3) is 6.08. The van der Waals surface area contributed by atoms with Crippen LogP contribution in [0.25, 0.3) is 0 Å². The van der Waals surface area contributed by atoms with Gasteiger partial charge in [-0.15, -0.1) is 0 Å². The number of hydrogen-bond donors (Lipinski definition) is 2. The largest absolute Gasteiger partial charge is 0.355 e. The fourth-order valence-electron chi connectivity index (χ4n) is 3.63. The third-order valence-electron chi connectivity index (χ3n) is 5.46. The van der Waals surface area contributed by atoms with E-state index in [1.54, 1.807) is 44.4 Å². The zero-order valence-electron chi connectivity index (χ0n) is 18.2. The van der Waals surface area contributed by atoms with Gasteiger partial charge in [0, 0.05) is 37.6 Å². The van der Waals surface area contributed by atoms with Crippen LogP contribution in [-0.4, -0.2) is 55.4 Å². The first-order valence-electron chi connectivity index (χ1n) is 10.5. The van der Waals surface area contributed by atoms with Gasteiger partial charge in [0.25, 0.3) is 5.91 Å². The van der Waals surface area contributed by atoms with Crippen molar-refractivity contribution in [3.8, 4) is 0 Å². The van der Waals surface area contributed by atoms with Gasteiger partial charge in [0.15, 0.2) is 0 Å². The van der Waals surface area contributed by atoms with Crippen molar-refractivity contribution in [3.05, 3.63) is 48.2 Å². The quantitative estimate of drug-likeness (QED) is 0.567. The van der Waals surface area contributed by atoms with Crippen LogP contribution in [0, 0.1) is 0 Å². The van der Waals surface area contributed by atoms with Crippen LogP contribution in [-0.2, 0) is 14.8 Å².